The lowest BCUT2D eigenvalue weighted by Gasteiger charge is -2.14. The van der Waals surface area contributed by atoms with Gasteiger partial charge in [0.25, 0.3) is 5.91 Å². The van der Waals surface area contributed by atoms with Crippen molar-refractivity contribution in [3.8, 4) is 0 Å². The maximum atomic E-state index is 13.8. The molecule has 1 amide bonds. The molecule has 9 heteroatoms. The number of nitrogens with two attached hydrogens (primary N) is 1. The van der Waals surface area contributed by atoms with E-state index in [1.165, 1.54) is 6.92 Å². The molecule has 0 aliphatic rings. The molecule has 7 nitrogen and oxygen atoms in total. The minimum atomic E-state index is -4.12. The number of carbonyl (C=O) groups excluding carboxylic acids is 2. The molecule has 0 aliphatic heterocycles. The first-order valence-corrected chi connectivity index (χ1v) is 9.03. The topological polar surface area (TPSA) is 116 Å². The molecule has 0 saturated heterocycles. The Hall–Kier alpha value is -2.78. The number of hydrogen-bond acceptors (Lipinski definition) is 5. The standard InChI is InChI=1S/C17H17FN2O5S/c1-10-3-5-12(6-4-10)20-16(21)11(2)25-17(22)14-9-13(26(19,23)24)7-8-15(14)18/h3-9,11H,1-2H3,(H,20,21)(H2,19,23,24)/t11-/m1/s1. The molecule has 0 bridgehead atoms. The molecule has 2 aromatic rings. The van der Waals surface area contributed by atoms with Gasteiger partial charge in [-0.15, -0.1) is 0 Å². The third kappa shape index (κ3) is 4.87. The van der Waals surface area contributed by atoms with Crippen LogP contribution in [0.4, 0.5) is 10.1 Å². The summed E-state index contributed by atoms with van der Waals surface area (Å²) < 4.78 is 41.4. The third-order valence-corrected chi connectivity index (χ3v) is 4.37. The summed E-state index contributed by atoms with van der Waals surface area (Å²) in [6, 6.07) is 9.41. The molecule has 26 heavy (non-hydrogen) atoms. The number of esters is 1. The van der Waals surface area contributed by atoms with E-state index in [0.29, 0.717) is 5.69 Å². The van der Waals surface area contributed by atoms with Gasteiger partial charge < -0.3 is 10.1 Å². The van der Waals surface area contributed by atoms with E-state index in [2.05, 4.69) is 5.32 Å². The fourth-order valence-electron chi connectivity index (χ4n) is 2.00. The zero-order valence-corrected chi connectivity index (χ0v) is 14.8. The van der Waals surface area contributed by atoms with Crippen LogP contribution in [0.25, 0.3) is 0 Å². The second-order valence-corrected chi connectivity index (χ2v) is 7.15. The van der Waals surface area contributed by atoms with Crippen molar-refractivity contribution in [2.45, 2.75) is 24.8 Å². The van der Waals surface area contributed by atoms with Crippen LogP contribution < -0.4 is 10.5 Å². The first kappa shape index (κ1) is 19.5. The van der Waals surface area contributed by atoms with Gasteiger partial charge in [0.1, 0.15) is 5.82 Å². The summed E-state index contributed by atoms with van der Waals surface area (Å²) in [7, 11) is -4.12. The molecule has 3 N–H and O–H groups in total. The highest BCUT2D eigenvalue weighted by Gasteiger charge is 2.23. The van der Waals surface area contributed by atoms with Crippen LogP contribution in [0.5, 0.6) is 0 Å². The van der Waals surface area contributed by atoms with Crippen LogP contribution in [0.3, 0.4) is 0 Å². The number of halogens is 1. The number of carbonyl (C=O) groups is 2. The first-order chi connectivity index (χ1) is 12.1. The third-order valence-electron chi connectivity index (χ3n) is 3.46. The van der Waals surface area contributed by atoms with Gasteiger partial charge in [0.15, 0.2) is 6.10 Å². The lowest BCUT2D eigenvalue weighted by Crippen LogP contribution is -2.30. The summed E-state index contributed by atoms with van der Waals surface area (Å²) in [5, 5.41) is 7.51. The number of sulfonamides is 1. The van der Waals surface area contributed by atoms with Crippen molar-refractivity contribution in [1.29, 1.82) is 0 Å². The van der Waals surface area contributed by atoms with E-state index in [1.54, 1.807) is 24.3 Å². The summed E-state index contributed by atoms with van der Waals surface area (Å²) in [5.41, 5.74) is 0.880. The van der Waals surface area contributed by atoms with Crippen LogP contribution in [0.2, 0.25) is 0 Å². The predicted octanol–water partition coefficient (Wildman–Crippen LogP) is 1.97. The van der Waals surface area contributed by atoms with Crippen LogP contribution in [-0.2, 0) is 19.6 Å². The average molecular weight is 380 g/mol. The smallest absolute Gasteiger partial charge is 0.341 e. The molecular weight excluding hydrogens is 363 g/mol. The molecule has 138 valence electrons. The Bertz CT molecular complexity index is 942. The van der Waals surface area contributed by atoms with Crippen molar-refractivity contribution in [2.75, 3.05) is 5.32 Å². The summed E-state index contributed by atoms with van der Waals surface area (Å²) in [6.07, 6.45) is -1.23. The van der Waals surface area contributed by atoms with Gasteiger partial charge in [-0.25, -0.2) is 22.7 Å². The summed E-state index contributed by atoms with van der Waals surface area (Å²) in [5.74, 6) is -2.79. The maximum absolute atomic E-state index is 13.8. The van der Waals surface area contributed by atoms with Gasteiger partial charge in [-0.2, -0.15) is 0 Å². The normalized spacial score (nSPS) is 12.3. The molecule has 0 aromatic heterocycles. The highest BCUT2D eigenvalue weighted by atomic mass is 32.2. The predicted molar refractivity (Wildman–Crippen MR) is 92.5 cm³/mol. The molecule has 1 atom stereocenters. The van der Waals surface area contributed by atoms with Gasteiger partial charge >= 0.3 is 5.97 Å². The number of hydrogen-bond donors (Lipinski definition) is 2. The Morgan fingerprint density at radius 2 is 1.77 bits per heavy atom. The highest BCUT2D eigenvalue weighted by molar-refractivity contribution is 7.89. The number of benzene rings is 2. The highest BCUT2D eigenvalue weighted by Crippen LogP contribution is 2.16. The molecule has 0 unspecified atom stereocenters. The van der Waals surface area contributed by atoms with Crippen LogP contribution in [0, 0.1) is 12.7 Å². The molecular formula is C17H17FN2O5S. The van der Waals surface area contributed by atoms with Gasteiger partial charge in [-0.3, -0.25) is 4.79 Å². The molecule has 0 spiro atoms. The second kappa shape index (κ2) is 7.63. The van der Waals surface area contributed by atoms with Crippen LogP contribution in [-0.4, -0.2) is 26.4 Å². The Morgan fingerprint density at radius 3 is 2.35 bits per heavy atom. The van der Waals surface area contributed by atoms with Crippen LogP contribution in [0.15, 0.2) is 47.4 Å². The lowest BCUT2D eigenvalue weighted by atomic mass is 10.2. The second-order valence-electron chi connectivity index (χ2n) is 5.59. The number of anilines is 1. The molecule has 2 aromatic carbocycles. The minimum Gasteiger partial charge on any atom is -0.449 e. The lowest BCUT2D eigenvalue weighted by molar-refractivity contribution is -0.123. The number of primary sulfonamides is 1. The Labute approximate surface area is 150 Å². The summed E-state index contributed by atoms with van der Waals surface area (Å²) in [6.45, 7) is 3.20. The molecule has 0 saturated carbocycles. The van der Waals surface area contributed by atoms with Gasteiger partial charge in [0.2, 0.25) is 10.0 Å². The molecule has 2 rings (SSSR count). The van der Waals surface area contributed by atoms with Crippen LogP contribution in [0.1, 0.15) is 22.8 Å². The van der Waals surface area contributed by atoms with Crippen molar-refractivity contribution in [2.24, 2.45) is 5.14 Å². The van der Waals surface area contributed by atoms with Crippen molar-refractivity contribution in [1.82, 2.24) is 0 Å². The van der Waals surface area contributed by atoms with Gasteiger partial charge in [-0.05, 0) is 44.2 Å². The van der Waals surface area contributed by atoms with Crippen molar-refractivity contribution in [3.63, 3.8) is 0 Å². The Morgan fingerprint density at radius 1 is 1.15 bits per heavy atom. The summed E-state index contributed by atoms with van der Waals surface area (Å²) in [4.78, 5) is 23.7. The van der Waals surface area contributed by atoms with E-state index in [0.717, 1.165) is 23.8 Å². The zero-order valence-electron chi connectivity index (χ0n) is 14.0. The Balaban J connectivity index is 2.11. The Kier molecular flexibility index (Phi) is 5.73. The van der Waals surface area contributed by atoms with E-state index < -0.39 is 44.3 Å². The molecule has 0 aliphatic carbocycles. The van der Waals surface area contributed by atoms with Crippen molar-refractivity contribution in [3.05, 3.63) is 59.4 Å². The SMILES string of the molecule is Cc1ccc(NC(=O)[C@@H](C)OC(=O)c2cc(S(N)(=O)=O)ccc2F)cc1. The fourth-order valence-corrected chi connectivity index (χ4v) is 2.54. The number of nitrogens with one attached hydrogen (secondary N) is 1. The number of amides is 1. The van der Waals surface area contributed by atoms with E-state index in [4.69, 9.17) is 9.88 Å². The van der Waals surface area contributed by atoms with E-state index in [1.807, 2.05) is 6.92 Å². The maximum Gasteiger partial charge on any atom is 0.341 e. The average Bonchev–Trinajstić information content (AvgIpc) is 2.56. The van der Waals surface area contributed by atoms with E-state index >= 15 is 0 Å². The van der Waals surface area contributed by atoms with Gasteiger partial charge in [0.05, 0.1) is 10.5 Å². The van der Waals surface area contributed by atoms with Crippen molar-refractivity contribution < 1.29 is 27.1 Å². The number of ether oxygens (including phenoxy) is 1. The van der Waals surface area contributed by atoms with Crippen molar-refractivity contribution >= 4 is 27.6 Å². The molecule has 0 heterocycles. The molecule has 0 fully saturated rings. The largest absolute Gasteiger partial charge is 0.449 e. The monoisotopic (exact) mass is 380 g/mol. The van der Waals surface area contributed by atoms with E-state index in [9.17, 15) is 22.4 Å². The minimum absolute atomic E-state index is 0.442. The van der Waals surface area contributed by atoms with E-state index in [-0.39, 0.29) is 0 Å². The molecule has 0 radical (unpaired) electrons. The quantitative estimate of drug-likeness (QED) is 0.770. The summed E-state index contributed by atoms with van der Waals surface area (Å²) >= 11 is 0. The van der Waals surface area contributed by atoms with Gasteiger partial charge in [0, 0.05) is 5.69 Å². The van der Waals surface area contributed by atoms with Gasteiger partial charge in [-0.1, -0.05) is 17.7 Å². The number of rotatable bonds is 5. The zero-order chi connectivity index (χ0) is 19.5. The first-order valence-electron chi connectivity index (χ1n) is 7.49. The van der Waals surface area contributed by atoms with Crippen LogP contribution >= 0.6 is 0 Å². The number of aryl methyl sites for hydroxylation is 1. The fraction of sp³-hybridized carbons (Fsp3) is 0.176.